The summed E-state index contributed by atoms with van der Waals surface area (Å²) in [5.41, 5.74) is 0. The van der Waals surface area contributed by atoms with Gasteiger partial charge in [-0.1, -0.05) is 0 Å². The summed E-state index contributed by atoms with van der Waals surface area (Å²) in [4.78, 5) is 23.9. The van der Waals surface area contributed by atoms with Gasteiger partial charge in [-0.25, -0.2) is 4.79 Å². The molecule has 3 aliphatic rings. The van der Waals surface area contributed by atoms with Crippen molar-refractivity contribution in [2.45, 2.75) is 31.5 Å². The molecule has 1 aliphatic heterocycles. The summed E-state index contributed by atoms with van der Waals surface area (Å²) in [5, 5.41) is 11.6. The third-order valence-corrected chi connectivity index (χ3v) is 4.72. The molecule has 1 saturated heterocycles. The fourth-order valence-electron chi connectivity index (χ4n) is 3.23. The van der Waals surface area contributed by atoms with E-state index in [1.807, 2.05) is 0 Å². The second kappa shape index (κ2) is 4.78. The van der Waals surface area contributed by atoms with E-state index < -0.39 is 36.6 Å². The van der Waals surface area contributed by atoms with Gasteiger partial charge >= 0.3 is 18.2 Å². The highest BCUT2D eigenvalue weighted by atomic mass is 19.4. The van der Waals surface area contributed by atoms with Gasteiger partial charge < -0.3 is 15.3 Å². The topological polar surface area (TPSA) is 69.6 Å². The highest BCUT2D eigenvalue weighted by Crippen LogP contribution is 2.50. The molecule has 3 fully saturated rings. The van der Waals surface area contributed by atoms with Crippen molar-refractivity contribution in [2.75, 3.05) is 13.1 Å². The highest BCUT2D eigenvalue weighted by Gasteiger charge is 2.54. The average molecular weight is 306 g/mol. The number of amides is 2. The fourth-order valence-corrected chi connectivity index (χ4v) is 3.23. The minimum atomic E-state index is -4.60. The van der Waals surface area contributed by atoms with E-state index >= 15 is 0 Å². The van der Waals surface area contributed by atoms with E-state index in [2.05, 4.69) is 5.32 Å². The van der Waals surface area contributed by atoms with Crippen LogP contribution in [-0.2, 0) is 4.79 Å². The van der Waals surface area contributed by atoms with Crippen LogP contribution >= 0.6 is 0 Å². The second-order valence-corrected chi connectivity index (χ2v) is 6.29. The van der Waals surface area contributed by atoms with Crippen LogP contribution in [0.3, 0.4) is 0 Å². The number of alkyl halides is 3. The van der Waals surface area contributed by atoms with Gasteiger partial charge in [-0.3, -0.25) is 4.79 Å². The fraction of sp³-hybridized carbons (Fsp3) is 0.846. The maximum atomic E-state index is 12.8. The molecule has 2 amide bonds. The molecule has 8 heteroatoms. The summed E-state index contributed by atoms with van der Waals surface area (Å²) >= 11 is 0. The zero-order valence-electron chi connectivity index (χ0n) is 11.3. The van der Waals surface area contributed by atoms with Gasteiger partial charge in [0.05, 0.1) is 11.8 Å². The van der Waals surface area contributed by atoms with E-state index in [1.54, 1.807) is 0 Å². The van der Waals surface area contributed by atoms with Crippen LogP contribution in [0.4, 0.5) is 18.0 Å². The van der Waals surface area contributed by atoms with Crippen molar-refractivity contribution in [1.82, 2.24) is 10.2 Å². The summed E-state index contributed by atoms with van der Waals surface area (Å²) < 4.78 is 38.5. The molecule has 0 spiro atoms. The van der Waals surface area contributed by atoms with Crippen molar-refractivity contribution in [3.05, 3.63) is 0 Å². The summed E-state index contributed by atoms with van der Waals surface area (Å²) in [6.45, 7) is -0.959. The third-order valence-electron chi connectivity index (χ3n) is 4.72. The zero-order chi connectivity index (χ0) is 15.4. The van der Waals surface area contributed by atoms with Gasteiger partial charge in [0, 0.05) is 19.1 Å². The van der Waals surface area contributed by atoms with Crippen molar-refractivity contribution < 1.29 is 27.9 Å². The van der Waals surface area contributed by atoms with Gasteiger partial charge in [-0.2, -0.15) is 13.2 Å². The number of halogens is 3. The van der Waals surface area contributed by atoms with Crippen LogP contribution in [-0.4, -0.2) is 47.3 Å². The van der Waals surface area contributed by atoms with Crippen LogP contribution in [0.2, 0.25) is 0 Å². The lowest BCUT2D eigenvalue weighted by Gasteiger charge is -2.18. The highest BCUT2D eigenvalue weighted by molar-refractivity contribution is 5.78. The van der Waals surface area contributed by atoms with Crippen LogP contribution in [0.5, 0.6) is 0 Å². The Kier molecular flexibility index (Phi) is 3.29. The lowest BCUT2D eigenvalue weighted by atomic mass is 9.96. The Labute approximate surface area is 119 Å². The van der Waals surface area contributed by atoms with Crippen molar-refractivity contribution in [2.24, 2.45) is 23.7 Å². The molecular weight excluding hydrogens is 289 g/mol. The number of carboxylic acids is 1. The first-order valence-electron chi connectivity index (χ1n) is 7.12. The van der Waals surface area contributed by atoms with E-state index in [-0.39, 0.29) is 12.6 Å². The number of carbonyl (C=O) groups is 2. The molecule has 2 saturated carbocycles. The zero-order valence-corrected chi connectivity index (χ0v) is 11.3. The Bertz CT molecular complexity index is 464. The van der Waals surface area contributed by atoms with E-state index in [0.29, 0.717) is 11.8 Å². The van der Waals surface area contributed by atoms with Crippen molar-refractivity contribution in [3.63, 3.8) is 0 Å². The molecule has 3 rings (SSSR count). The van der Waals surface area contributed by atoms with E-state index in [1.165, 1.54) is 0 Å². The molecule has 0 aromatic heterocycles. The van der Waals surface area contributed by atoms with E-state index in [0.717, 1.165) is 24.2 Å². The number of carboxylic acid groups (broad SMARTS) is 1. The largest absolute Gasteiger partial charge is 0.481 e. The molecule has 0 aromatic carbocycles. The Hall–Kier alpha value is -1.47. The van der Waals surface area contributed by atoms with Crippen LogP contribution in [0, 0.1) is 23.7 Å². The van der Waals surface area contributed by atoms with Crippen LogP contribution in [0.1, 0.15) is 19.3 Å². The summed E-state index contributed by atoms with van der Waals surface area (Å²) in [5.74, 6) is -3.95. The lowest BCUT2D eigenvalue weighted by Crippen LogP contribution is -2.41. The standard InChI is InChI=1S/C13H17F3N2O3/c14-13(15,16)9-5-18(4-8(9)11(19)20)12(21)17-10-3-7(10)6-1-2-6/h6-10H,1-5H2,(H,17,21)(H,19,20)/t7-,8+,9+,10+/m0/s1. The monoisotopic (exact) mass is 306 g/mol. The van der Waals surface area contributed by atoms with Gasteiger partial charge in [0.15, 0.2) is 0 Å². The Morgan fingerprint density at radius 3 is 2.33 bits per heavy atom. The molecule has 2 aliphatic carbocycles. The van der Waals surface area contributed by atoms with Gasteiger partial charge in [0.25, 0.3) is 0 Å². The Balaban J connectivity index is 1.58. The summed E-state index contributed by atoms with van der Waals surface area (Å²) in [6, 6.07) is -0.514. The van der Waals surface area contributed by atoms with Crippen LogP contribution in [0.15, 0.2) is 0 Å². The Morgan fingerprint density at radius 2 is 1.86 bits per heavy atom. The normalized spacial score (nSPS) is 35.7. The maximum Gasteiger partial charge on any atom is 0.394 e. The predicted octanol–water partition coefficient (Wildman–Crippen LogP) is 1.69. The molecule has 21 heavy (non-hydrogen) atoms. The van der Waals surface area contributed by atoms with Gasteiger partial charge in [0.2, 0.25) is 0 Å². The third kappa shape index (κ3) is 2.94. The van der Waals surface area contributed by atoms with E-state index in [4.69, 9.17) is 5.11 Å². The lowest BCUT2D eigenvalue weighted by molar-refractivity contribution is -0.187. The first-order valence-corrected chi connectivity index (χ1v) is 7.12. The number of likely N-dealkylation sites (tertiary alicyclic amines) is 1. The van der Waals surface area contributed by atoms with Crippen LogP contribution < -0.4 is 5.32 Å². The number of rotatable bonds is 3. The predicted molar refractivity (Wildman–Crippen MR) is 65.4 cm³/mol. The summed E-state index contributed by atoms with van der Waals surface area (Å²) in [6.07, 6.45) is -1.39. The average Bonchev–Trinajstić information content (AvgIpc) is 3.25. The number of aliphatic carboxylic acids is 1. The van der Waals surface area contributed by atoms with Crippen LogP contribution in [0.25, 0.3) is 0 Å². The molecule has 0 bridgehead atoms. The second-order valence-electron chi connectivity index (χ2n) is 6.29. The first-order chi connectivity index (χ1) is 9.77. The number of hydrogen-bond acceptors (Lipinski definition) is 2. The molecule has 118 valence electrons. The quantitative estimate of drug-likeness (QED) is 0.833. The molecular formula is C13H17F3N2O3. The molecule has 5 nitrogen and oxygen atoms in total. The number of urea groups is 1. The van der Waals surface area contributed by atoms with Crippen molar-refractivity contribution >= 4 is 12.0 Å². The molecule has 1 heterocycles. The SMILES string of the molecule is O=C(O)[C@@H]1CN(C(=O)N[C@@H]2C[C@H]2C2CC2)C[C@H]1C(F)(F)F. The summed E-state index contributed by atoms with van der Waals surface area (Å²) in [7, 11) is 0. The molecule has 0 radical (unpaired) electrons. The molecule has 0 aromatic rings. The number of hydrogen-bond donors (Lipinski definition) is 2. The van der Waals surface area contributed by atoms with Gasteiger partial charge in [0.1, 0.15) is 0 Å². The smallest absolute Gasteiger partial charge is 0.394 e. The van der Waals surface area contributed by atoms with Crippen molar-refractivity contribution in [3.8, 4) is 0 Å². The molecule has 0 unspecified atom stereocenters. The van der Waals surface area contributed by atoms with Crippen molar-refractivity contribution in [1.29, 1.82) is 0 Å². The minimum absolute atomic E-state index is 0.0539. The maximum absolute atomic E-state index is 12.8. The van der Waals surface area contributed by atoms with E-state index in [9.17, 15) is 22.8 Å². The molecule has 4 atom stereocenters. The number of carbonyl (C=O) groups excluding carboxylic acids is 1. The minimum Gasteiger partial charge on any atom is -0.481 e. The number of nitrogens with one attached hydrogen (secondary N) is 1. The Morgan fingerprint density at radius 1 is 1.19 bits per heavy atom. The number of nitrogens with zero attached hydrogens (tertiary/aromatic N) is 1. The van der Waals surface area contributed by atoms with Gasteiger partial charge in [-0.15, -0.1) is 0 Å². The first kappa shape index (κ1) is 14.5. The van der Waals surface area contributed by atoms with Gasteiger partial charge in [-0.05, 0) is 31.1 Å². The molecule has 2 N–H and O–H groups in total.